The fourth-order valence-electron chi connectivity index (χ4n) is 2.32. The minimum absolute atomic E-state index is 0.675. The van der Waals surface area contributed by atoms with Crippen molar-refractivity contribution in [2.45, 2.75) is 26.3 Å². The first-order chi connectivity index (χ1) is 8.83. The Bertz CT molecular complexity index is 358. The van der Waals surface area contributed by atoms with Crippen molar-refractivity contribution in [2.75, 3.05) is 38.7 Å². The van der Waals surface area contributed by atoms with Crippen LogP contribution in [0.4, 0.5) is 5.00 Å². The van der Waals surface area contributed by atoms with Gasteiger partial charge in [0.05, 0.1) is 6.61 Å². The summed E-state index contributed by atoms with van der Waals surface area (Å²) in [5, 5.41) is 8.76. The minimum Gasteiger partial charge on any atom is -0.384 e. The molecule has 2 heterocycles. The standard InChI is InChI=1S/C12H22N4OS/c1-3-5-13-12-11(14-15-18-12)8-16-6-4-10(7-16)9-17-2/h10,13H,3-9H2,1-2H3. The van der Waals surface area contributed by atoms with Gasteiger partial charge in [-0.1, -0.05) is 11.4 Å². The van der Waals surface area contributed by atoms with Crippen LogP contribution in [0.5, 0.6) is 0 Å². The molecular weight excluding hydrogens is 248 g/mol. The summed E-state index contributed by atoms with van der Waals surface area (Å²) in [5.41, 5.74) is 1.09. The average molecular weight is 270 g/mol. The molecule has 6 heteroatoms. The number of ether oxygens (including phenoxy) is 1. The molecule has 1 unspecified atom stereocenters. The Labute approximate surface area is 113 Å². The highest BCUT2D eigenvalue weighted by molar-refractivity contribution is 7.10. The number of hydrogen-bond acceptors (Lipinski definition) is 6. The number of rotatable bonds is 7. The van der Waals surface area contributed by atoms with Gasteiger partial charge in [0.1, 0.15) is 10.7 Å². The highest BCUT2D eigenvalue weighted by Crippen LogP contribution is 2.23. The Kier molecular flexibility index (Phi) is 5.34. The van der Waals surface area contributed by atoms with E-state index in [0.29, 0.717) is 5.92 Å². The molecule has 2 rings (SSSR count). The molecule has 0 aliphatic carbocycles. The number of nitrogens with zero attached hydrogens (tertiary/aromatic N) is 3. The fourth-order valence-corrected chi connectivity index (χ4v) is 2.92. The third-order valence-corrected chi connectivity index (χ3v) is 3.96. The van der Waals surface area contributed by atoms with Gasteiger partial charge >= 0.3 is 0 Å². The van der Waals surface area contributed by atoms with Crippen molar-refractivity contribution in [3.05, 3.63) is 5.69 Å². The Hall–Kier alpha value is -0.720. The summed E-state index contributed by atoms with van der Waals surface area (Å²) < 4.78 is 9.27. The summed E-state index contributed by atoms with van der Waals surface area (Å²) in [5.74, 6) is 0.675. The fraction of sp³-hybridized carbons (Fsp3) is 0.833. The molecule has 102 valence electrons. The molecule has 1 saturated heterocycles. The van der Waals surface area contributed by atoms with Gasteiger partial charge in [0.25, 0.3) is 0 Å². The van der Waals surface area contributed by atoms with E-state index in [-0.39, 0.29) is 0 Å². The van der Waals surface area contributed by atoms with Crippen LogP contribution in [0.25, 0.3) is 0 Å². The van der Waals surface area contributed by atoms with Crippen molar-refractivity contribution < 1.29 is 4.74 Å². The normalized spacial score (nSPS) is 20.4. The molecule has 0 bridgehead atoms. The second-order valence-corrected chi connectivity index (χ2v) is 5.57. The number of hydrogen-bond donors (Lipinski definition) is 1. The second-order valence-electron chi connectivity index (χ2n) is 4.82. The highest BCUT2D eigenvalue weighted by Gasteiger charge is 2.23. The van der Waals surface area contributed by atoms with E-state index in [2.05, 4.69) is 26.7 Å². The lowest BCUT2D eigenvalue weighted by Crippen LogP contribution is -2.22. The van der Waals surface area contributed by atoms with Crippen LogP contribution >= 0.6 is 11.5 Å². The van der Waals surface area contributed by atoms with Crippen LogP contribution in [0.2, 0.25) is 0 Å². The van der Waals surface area contributed by atoms with Crippen LogP contribution < -0.4 is 5.32 Å². The molecule has 1 fully saturated rings. The molecule has 1 aliphatic rings. The first kappa shape index (κ1) is 13.7. The second kappa shape index (κ2) is 7.01. The molecule has 0 spiro atoms. The molecular formula is C12H22N4OS. The van der Waals surface area contributed by atoms with Gasteiger partial charge in [0.2, 0.25) is 0 Å². The van der Waals surface area contributed by atoms with Gasteiger partial charge in [0.15, 0.2) is 0 Å². The number of methoxy groups -OCH3 is 1. The third-order valence-electron chi connectivity index (χ3n) is 3.24. The van der Waals surface area contributed by atoms with Crippen LogP contribution in [0.3, 0.4) is 0 Å². The molecule has 1 aliphatic heterocycles. The molecule has 5 nitrogen and oxygen atoms in total. The lowest BCUT2D eigenvalue weighted by Gasteiger charge is -2.15. The van der Waals surface area contributed by atoms with Crippen molar-refractivity contribution >= 4 is 16.5 Å². The summed E-state index contributed by atoms with van der Waals surface area (Å²) >= 11 is 1.46. The first-order valence-corrected chi connectivity index (χ1v) is 7.37. The number of nitrogens with one attached hydrogen (secondary N) is 1. The summed E-state index contributed by atoms with van der Waals surface area (Å²) in [6, 6.07) is 0. The molecule has 0 amide bonds. The molecule has 1 aromatic rings. The zero-order chi connectivity index (χ0) is 12.8. The topological polar surface area (TPSA) is 50.3 Å². The molecule has 1 aromatic heterocycles. The van der Waals surface area contributed by atoms with Gasteiger partial charge in [-0.15, -0.1) is 5.10 Å². The van der Waals surface area contributed by atoms with Crippen molar-refractivity contribution in [3.8, 4) is 0 Å². The summed E-state index contributed by atoms with van der Waals surface area (Å²) in [6.07, 6.45) is 2.35. The van der Waals surface area contributed by atoms with E-state index < -0.39 is 0 Å². The molecule has 0 radical (unpaired) electrons. The molecule has 18 heavy (non-hydrogen) atoms. The van der Waals surface area contributed by atoms with Crippen molar-refractivity contribution in [1.29, 1.82) is 0 Å². The number of anilines is 1. The van der Waals surface area contributed by atoms with Crippen LogP contribution in [-0.2, 0) is 11.3 Å². The zero-order valence-corrected chi connectivity index (χ0v) is 12.0. The van der Waals surface area contributed by atoms with Crippen LogP contribution in [-0.4, -0.2) is 47.8 Å². The van der Waals surface area contributed by atoms with E-state index in [0.717, 1.165) is 49.9 Å². The summed E-state index contributed by atoms with van der Waals surface area (Å²) in [7, 11) is 1.78. The molecule has 0 saturated carbocycles. The smallest absolute Gasteiger partial charge is 0.134 e. The summed E-state index contributed by atoms with van der Waals surface area (Å²) in [6.45, 7) is 7.17. The van der Waals surface area contributed by atoms with Gasteiger partial charge in [0, 0.05) is 38.3 Å². The van der Waals surface area contributed by atoms with Gasteiger partial charge in [-0.25, -0.2) is 0 Å². The SMILES string of the molecule is CCCNc1snnc1CN1CCC(COC)C1. The van der Waals surface area contributed by atoms with E-state index in [1.54, 1.807) is 7.11 Å². The molecule has 0 aromatic carbocycles. The quantitative estimate of drug-likeness (QED) is 0.819. The molecule has 1 N–H and O–H groups in total. The van der Waals surface area contributed by atoms with Gasteiger partial charge in [-0.3, -0.25) is 4.90 Å². The lowest BCUT2D eigenvalue weighted by atomic mass is 10.1. The minimum atomic E-state index is 0.675. The molecule has 1 atom stereocenters. The Morgan fingerprint density at radius 2 is 2.44 bits per heavy atom. The van der Waals surface area contributed by atoms with E-state index in [9.17, 15) is 0 Å². The van der Waals surface area contributed by atoms with Crippen LogP contribution in [0.15, 0.2) is 0 Å². The Balaban J connectivity index is 1.84. The van der Waals surface area contributed by atoms with E-state index in [4.69, 9.17) is 4.74 Å². The van der Waals surface area contributed by atoms with Gasteiger partial charge in [-0.2, -0.15) is 0 Å². The van der Waals surface area contributed by atoms with Crippen molar-refractivity contribution in [2.24, 2.45) is 5.92 Å². The van der Waals surface area contributed by atoms with Crippen molar-refractivity contribution in [3.63, 3.8) is 0 Å². The van der Waals surface area contributed by atoms with Gasteiger partial charge < -0.3 is 10.1 Å². The lowest BCUT2D eigenvalue weighted by molar-refractivity contribution is 0.152. The zero-order valence-electron chi connectivity index (χ0n) is 11.2. The monoisotopic (exact) mass is 270 g/mol. The largest absolute Gasteiger partial charge is 0.384 e. The van der Waals surface area contributed by atoms with E-state index in [1.807, 2.05) is 0 Å². The predicted octanol–water partition coefficient (Wildman–Crippen LogP) is 1.83. The number of likely N-dealkylation sites (tertiary alicyclic amines) is 1. The Morgan fingerprint density at radius 3 is 3.22 bits per heavy atom. The van der Waals surface area contributed by atoms with Crippen LogP contribution in [0, 0.1) is 5.92 Å². The van der Waals surface area contributed by atoms with E-state index >= 15 is 0 Å². The maximum Gasteiger partial charge on any atom is 0.134 e. The van der Waals surface area contributed by atoms with E-state index in [1.165, 1.54) is 18.0 Å². The predicted molar refractivity (Wildman–Crippen MR) is 73.9 cm³/mol. The van der Waals surface area contributed by atoms with Crippen LogP contribution in [0.1, 0.15) is 25.5 Å². The number of aromatic nitrogens is 2. The van der Waals surface area contributed by atoms with Crippen molar-refractivity contribution in [1.82, 2.24) is 14.5 Å². The Morgan fingerprint density at radius 1 is 1.56 bits per heavy atom. The maximum absolute atomic E-state index is 5.22. The van der Waals surface area contributed by atoms with Gasteiger partial charge in [-0.05, 0) is 25.3 Å². The third kappa shape index (κ3) is 3.63. The summed E-state index contributed by atoms with van der Waals surface area (Å²) in [4.78, 5) is 2.44. The average Bonchev–Trinajstić information content (AvgIpc) is 2.98. The maximum atomic E-state index is 5.22. The first-order valence-electron chi connectivity index (χ1n) is 6.59. The highest BCUT2D eigenvalue weighted by atomic mass is 32.1.